The Morgan fingerprint density at radius 3 is 2.43 bits per heavy atom. The van der Waals surface area contributed by atoms with Crippen molar-refractivity contribution in [3.05, 3.63) is 88.9 Å². The average molecular weight is 371 g/mol. The molecule has 0 unspecified atom stereocenters. The van der Waals surface area contributed by atoms with Crippen molar-refractivity contribution in [2.45, 2.75) is 27.4 Å². The number of esters is 1. The lowest BCUT2D eigenvalue weighted by Crippen LogP contribution is -2.07. The van der Waals surface area contributed by atoms with Crippen LogP contribution >= 0.6 is 0 Å². The Labute approximate surface area is 163 Å². The van der Waals surface area contributed by atoms with Gasteiger partial charge in [-0.2, -0.15) is 5.10 Å². The van der Waals surface area contributed by atoms with Gasteiger partial charge in [-0.05, 0) is 56.7 Å². The Hall–Kier alpha value is -3.47. The van der Waals surface area contributed by atoms with E-state index in [-0.39, 0.29) is 12.6 Å². The van der Waals surface area contributed by atoms with Gasteiger partial charge in [0, 0.05) is 16.8 Å². The van der Waals surface area contributed by atoms with E-state index in [0.717, 1.165) is 39.2 Å². The Bertz CT molecular complexity index is 1160. The molecule has 5 nitrogen and oxygen atoms in total. The minimum Gasteiger partial charge on any atom is -0.457 e. The summed E-state index contributed by atoms with van der Waals surface area (Å²) in [6.45, 7) is 6.09. The quantitative estimate of drug-likeness (QED) is 0.488. The van der Waals surface area contributed by atoms with E-state index in [9.17, 15) is 4.79 Å². The molecule has 2 aromatic heterocycles. The van der Waals surface area contributed by atoms with Crippen LogP contribution in [0.25, 0.3) is 16.6 Å². The van der Waals surface area contributed by atoms with Crippen LogP contribution in [0.15, 0.2) is 60.7 Å². The minimum atomic E-state index is -0.343. The molecule has 5 heteroatoms. The van der Waals surface area contributed by atoms with E-state index >= 15 is 0 Å². The summed E-state index contributed by atoms with van der Waals surface area (Å²) in [5.74, 6) is -0.343. The van der Waals surface area contributed by atoms with Gasteiger partial charge in [0.1, 0.15) is 6.61 Å². The van der Waals surface area contributed by atoms with Gasteiger partial charge in [0.2, 0.25) is 0 Å². The highest BCUT2D eigenvalue weighted by atomic mass is 16.5. The zero-order valence-corrected chi connectivity index (χ0v) is 16.1. The van der Waals surface area contributed by atoms with Gasteiger partial charge < -0.3 is 4.74 Å². The summed E-state index contributed by atoms with van der Waals surface area (Å²) in [6, 6.07) is 19.3. The lowest BCUT2D eigenvalue weighted by Gasteiger charge is -2.09. The van der Waals surface area contributed by atoms with Crippen molar-refractivity contribution in [1.82, 2.24) is 14.8 Å². The molecule has 2 heterocycles. The van der Waals surface area contributed by atoms with Crippen molar-refractivity contribution in [3.8, 4) is 5.69 Å². The van der Waals surface area contributed by atoms with E-state index in [1.54, 1.807) is 6.07 Å². The molecule has 140 valence electrons. The van der Waals surface area contributed by atoms with Crippen molar-refractivity contribution < 1.29 is 9.53 Å². The third-order valence-electron chi connectivity index (χ3n) is 4.62. The molecule has 0 fully saturated rings. The second kappa shape index (κ2) is 7.27. The van der Waals surface area contributed by atoms with Gasteiger partial charge in [-0.1, -0.05) is 30.3 Å². The molecule has 0 bridgehead atoms. The first-order valence-corrected chi connectivity index (χ1v) is 9.17. The molecule has 4 rings (SSSR count). The molecule has 0 saturated heterocycles. The van der Waals surface area contributed by atoms with Crippen molar-refractivity contribution in [3.63, 3.8) is 0 Å². The lowest BCUT2D eigenvalue weighted by molar-refractivity contribution is 0.0475. The molecule has 0 aliphatic rings. The first kappa shape index (κ1) is 17.9. The van der Waals surface area contributed by atoms with Gasteiger partial charge >= 0.3 is 5.97 Å². The monoisotopic (exact) mass is 371 g/mol. The Morgan fingerprint density at radius 1 is 0.964 bits per heavy atom. The van der Waals surface area contributed by atoms with Gasteiger partial charge in [0.05, 0.1) is 22.5 Å². The van der Waals surface area contributed by atoms with Gasteiger partial charge in [-0.15, -0.1) is 0 Å². The molecule has 0 aliphatic carbocycles. The van der Waals surface area contributed by atoms with Crippen LogP contribution in [-0.4, -0.2) is 20.7 Å². The molecule has 2 aromatic carbocycles. The van der Waals surface area contributed by atoms with Crippen molar-refractivity contribution in [2.24, 2.45) is 0 Å². The van der Waals surface area contributed by atoms with E-state index in [1.165, 1.54) is 0 Å². The highest BCUT2D eigenvalue weighted by Gasteiger charge is 2.13. The molecule has 4 aromatic rings. The fraction of sp³-hybridized carbons (Fsp3) is 0.174. The number of pyridine rings is 1. The summed E-state index contributed by atoms with van der Waals surface area (Å²) in [5, 5.41) is 5.29. The molecule has 0 N–H and O–H groups in total. The number of aryl methyl sites for hydroxylation is 3. The van der Waals surface area contributed by atoms with Crippen LogP contribution in [0.5, 0.6) is 0 Å². The van der Waals surface area contributed by atoms with Crippen LogP contribution in [0.3, 0.4) is 0 Å². The molecule has 28 heavy (non-hydrogen) atoms. The highest BCUT2D eigenvalue weighted by molar-refractivity contribution is 6.03. The average Bonchev–Trinajstić information content (AvgIpc) is 3.04. The smallest absolute Gasteiger partial charge is 0.339 e. The Kier molecular flexibility index (Phi) is 4.65. The zero-order chi connectivity index (χ0) is 19.7. The molecule has 0 radical (unpaired) electrons. The summed E-state index contributed by atoms with van der Waals surface area (Å²) in [5.41, 5.74) is 6.10. The van der Waals surface area contributed by atoms with E-state index in [2.05, 4.69) is 10.1 Å². The number of ether oxygens (including phenoxy) is 1. The number of carbonyl (C=O) groups is 1. The molecular weight excluding hydrogens is 350 g/mol. The second-order valence-corrected chi connectivity index (χ2v) is 6.91. The Morgan fingerprint density at radius 2 is 1.71 bits per heavy atom. The molecular formula is C23H21N3O2. The first-order chi connectivity index (χ1) is 13.5. The van der Waals surface area contributed by atoms with Gasteiger partial charge in [-0.3, -0.25) is 4.98 Å². The number of carbonyl (C=O) groups excluding carboxylic acids is 1. The van der Waals surface area contributed by atoms with Crippen LogP contribution in [0.1, 0.15) is 33.0 Å². The second-order valence-electron chi connectivity index (χ2n) is 6.91. The van der Waals surface area contributed by atoms with E-state index in [4.69, 9.17) is 4.74 Å². The van der Waals surface area contributed by atoms with Gasteiger partial charge in [0.25, 0.3) is 0 Å². The Balaban J connectivity index is 1.51. The third kappa shape index (κ3) is 3.51. The molecule has 0 spiro atoms. The summed E-state index contributed by atoms with van der Waals surface area (Å²) in [7, 11) is 0. The summed E-state index contributed by atoms with van der Waals surface area (Å²) >= 11 is 0. The normalized spacial score (nSPS) is 11.0. The predicted molar refractivity (Wildman–Crippen MR) is 109 cm³/mol. The fourth-order valence-corrected chi connectivity index (χ4v) is 3.33. The van der Waals surface area contributed by atoms with Crippen LogP contribution < -0.4 is 0 Å². The zero-order valence-electron chi connectivity index (χ0n) is 16.1. The first-order valence-electron chi connectivity index (χ1n) is 9.17. The van der Waals surface area contributed by atoms with Crippen LogP contribution in [0.2, 0.25) is 0 Å². The van der Waals surface area contributed by atoms with Gasteiger partial charge in [-0.25, -0.2) is 9.48 Å². The maximum Gasteiger partial charge on any atom is 0.339 e. The maximum absolute atomic E-state index is 12.7. The summed E-state index contributed by atoms with van der Waals surface area (Å²) in [4.78, 5) is 17.1. The molecule has 0 atom stereocenters. The van der Waals surface area contributed by atoms with Crippen molar-refractivity contribution in [1.29, 1.82) is 0 Å². The standard InChI is InChI=1S/C23H21N3O2/c1-15-13-21(20-6-4-5-7-22(20)24-15)23(27)28-14-18-8-10-19(11-9-18)26-17(3)12-16(2)25-26/h4-13H,14H2,1-3H3. The largest absolute Gasteiger partial charge is 0.457 e. The number of rotatable bonds is 4. The SMILES string of the molecule is Cc1cc(C(=O)OCc2ccc(-n3nc(C)cc3C)cc2)c2ccccc2n1. The van der Waals surface area contributed by atoms with E-state index in [1.807, 2.05) is 80.1 Å². The van der Waals surface area contributed by atoms with Crippen LogP contribution in [0.4, 0.5) is 0 Å². The maximum atomic E-state index is 12.7. The number of hydrogen-bond acceptors (Lipinski definition) is 4. The number of fused-ring (bicyclic) bond motifs is 1. The predicted octanol–water partition coefficient (Wildman–Crippen LogP) is 4.70. The third-order valence-corrected chi connectivity index (χ3v) is 4.62. The van der Waals surface area contributed by atoms with Gasteiger partial charge in [0.15, 0.2) is 0 Å². The topological polar surface area (TPSA) is 57.0 Å². The van der Waals surface area contributed by atoms with Crippen LogP contribution in [0, 0.1) is 20.8 Å². The van der Waals surface area contributed by atoms with E-state index < -0.39 is 0 Å². The summed E-state index contributed by atoms with van der Waals surface area (Å²) in [6.07, 6.45) is 0. The molecule has 0 aliphatic heterocycles. The fourth-order valence-electron chi connectivity index (χ4n) is 3.33. The minimum absolute atomic E-state index is 0.214. The van der Waals surface area contributed by atoms with Crippen molar-refractivity contribution >= 4 is 16.9 Å². The number of benzene rings is 2. The van der Waals surface area contributed by atoms with E-state index in [0.29, 0.717) is 5.56 Å². The number of hydrogen-bond donors (Lipinski definition) is 0. The highest BCUT2D eigenvalue weighted by Crippen LogP contribution is 2.20. The lowest BCUT2D eigenvalue weighted by atomic mass is 10.1. The molecule has 0 saturated carbocycles. The molecule has 0 amide bonds. The summed E-state index contributed by atoms with van der Waals surface area (Å²) < 4.78 is 7.46. The number of para-hydroxylation sites is 1. The number of aromatic nitrogens is 3. The van der Waals surface area contributed by atoms with Crippen LogP contribution in [-0.2, 0) is 11.3 Å². The number of nitrogens with zero attached hydrogens (tertiary/aromatic N) is 3. The van der Waals surface area contributed by atoms with Crippen molar-refractivity contribution in [2.75, 3.05) is 0 Å².